The molecular formula is C36H46N6O8S. The van der Waals surface area contributed by atoms with Gasteiger partial charge in [0.25, 0.3) is 0 Å². The lowest BCUT2D eigenvalue weighted by Crippen LogP contribution is -2.56. The number of hydrogen-bond acceptors (Lipinski definition) is 10. The van der Waals surface area contributed by atoms with Crippen LogP contribution in [0.25, 0.3) is 22.3 Å². The van der Waals surface area contributed by atoms with Gasteiger partial charge in [0.2, 0.25) is 5.91 Å². The third-order valence-electron chi connectivity index (χ3n) is 10.2. The third-order valence-corrected chi connectivity index (χ3v) is 12.2. The first-order valence-corrected chi connectivity index (χ1v) is 18.9. The number of aryl methyl sites for hydroxylation is 2. The van der Waals surface area contributed by atoms with Crippen molar-refractivity contribution in [3.05, 3.63) is 48.2 Å². The highest BCUT2D eigenvalue weighted by atomic mass is 32.2. The number of fused-ring (bicyclic) bond motifs is 2. The molecule has 2 aliphatic carbocycles. The molecule has 2 N–H and O–H groups in total. The lowest BCUT2D eigenvalue weighted by Gasteiger charge is -2.26. The van der Waals surface area contributed by atoms with Gasteiger partial charge in [-0.2, -0.15) is 13.5 Å². The molecule has 0 bridgehead atoms. The van der Waals surface area contributed by atoms with Crippen molar-refractivity contribution in [2.45, 2.75) is 88.6 Å². The highest BCUT2D eigenvalue weighted by Gasteiger charge is 2.64. The highest BCUT2D eigenvalue weighted by molar-refractivity contribution is 7.88. The normalized spacial score (nSPS) is 23.4. The summed E-state index contributed by atoms with van der Waals surface area (Å²) in [6.07, 6.45) is 8.90. The van der Waals surface area contributed by atoms with Gasteiger partial charge in [-0.05, 0) is 77.5 Å². The molecule has 2 fully saturated rings. The Hall–Kier alpha value is -4.66. The van der Waals surface area contributed by atoms with Gasteiger partial charge in [-0.15, -0.1) is 0 Å². The molecule has 51 heavy (non-hydrogen) atoms. The van der Waals surface area contributed by atoms with Crippen LogP contribution in [0, 0.1) is 12.8 Å². The fourth-order valence-corrected chi connectivity index (χ4v) is 7.42. The number of ether oxygens (including phenoxy) is 2. The summed E-state index contributed by atoms with van der Waals surface area (Å²) in [6.45, 7) is 6.63. The van der Waals surface area contributed by atoms with E-state index in [2.05, 4.69) is 15.7 Å². The largest absolute Gasteiger partial charge is 0.496 e. The minimum Gasteiger partial charge on any atom is -0.496 e. The van der Waals surface area contributed by atoms with E-state index in [1.54, 1.807) is 24.9 Å². The number of methoxy groups -OCH3 is 1. The summed E-state index contributed by atoms with van der Waals surface area (Å²) in [5.74, 6) is -0.946. The van der Waals surface area contributed by atoms with E-state index in [9.17, 15) is 22.8 Å². The smallest absolute Gasteiger partial charge is 0.348 e. The van der Waals surface area contributed by atoms with E-state index in [0.717, 1.165) is 23.8 Å². The van der Waals surface area contributed by atoms with Crippen LogP contribution in [-0.2, 0) is 30.4 Å². The quantitative estimate of drug-likeness (QED) is 0.228. The molecule has 0 radical (unpaired) electrons. The van der Waals surface area contributed by atoms with Gasteiger partial charge in [-0.1, -0.05) is 12.2 Å². The molecule has 3 amide bonds. The summed E-state index contributed by atoms with van der Waals surface area (Å²) in [6, 6.07) is 5.78. The second-order valence-corrected chi connectivity index (χ2v) is 15.9. The van der Waals surface area contributed by atoms with Crippen LogP contribution in [0.2, 0.25) is 0 Å². The van der Waals surface area contributed by atoms with Gasteiger partial charge >= 0.3 is 22.1 Å². The van der Waals surface area contributed by atoms with Crippen molar-refractivity contribution in [2.24, 2.45) is 5.92 Å². The van der Waals surface area contributed by atoms with Gasteiger partial charge in [-0.25, -0.2) is 14.6 Å². The maximum absolute atomic E-state index is 14.0. The SMILES string of the molecule is CCn1ccc(-c2cc(OCC[C@@H]3NC(=O)N(C)CCCCC=C[C@@H]4C[C@@]4(C(=O)OS(=O)(=O)C4(C)CC4)NC3=O)c3ccc(OC)c(C)c3n2)n1. The number of hydrogen-bond donors (Lipinski definition) is 2. The van der Waals surface area contributed by atoms with E-state index in [1.165, 1.54) is 11.8 Å². The molecule has 2 aromatic heterocycles. The van der Waals surface area contributed by atoms with Crippen LogP contribution in [-0.4, -0.2) is 89.6 Å². The Labute approximate surface area is 298 Å². The van der Waals surface area contributed by atoms with Crippen molar-refractivity contribution < 1.29 is 36.5 Å². The first-order chi connectivity index (χ1) is 24.3. The number of rotatable bonds is 10. The summed E-state index contributed by atoms with van der Waals surface area (Å²) in [4.78, 5) is 47.2. The van der Waals surface area contributed by atoms with Crippen molar-refractivity contribution in [3.8, 4) is 22.9 Å². The Bertz CT molecular complexity index is 1970. The molecule has 1 aromatic carbocycles. The van der Waals surface area contributed by atoms with Crippen molar-refractivity contribution in [1.29, 1.82) is 0 Å². The van der Waals surface area contributed by atoms with Crippen molar-refractivity contribution >= 4 is 38.9 Å². The van der Waals surface area contributed by atoms with Crippen molar-refractivity contribution in [2.75, 3.05) is 27.3 Å². The van der Waals surface area contributed by atoms with Crippen LogP contribution in [0.3, 0.4) is 0 Å². The minimum absolute atomic E-state index is 0.00260. The van der Waals surface area contributed by atoms with Gasteiger partial charge in [0.1, 0.15) is 33.5 Å². The molecule has 14 nitrogen and oxygen atoms in total. The van der Waals surface area contributed by atoms with Crippen molar-refractivity contribution in [1.82, 2.24) is 30.3 Å². The lowest BCUT2D eigenvalue weighted by molar-refractivity contribution is -0.141. The lowest BCUT2D eigenvalue weighted by atomic mass is 10.1. The number of aromatic nitrogens is 3. The zero-order valence-electron chi connectivity index (χ0n) is 29.7. The number of carbonyl (C=O) groups excluding carboxylic acids is 3. The van der Waals surface area contributed by atoms with E-state index >= 15 is 0 Å². The van der Waals surface area contributed by atoms with Gasteiger partial charge in [0, 0.05) is 55.7 Å². The first-order valence-electron chi connectivity index (χ1n) is 17.4. The van der Waals surface area contributed by atoms with Crippen LogP contribution in [0.1, 0.15) is 64.4 Å². The van der Waals surface area contributed by atoms with E-state index in [0.29, 0.717) is 60.8 Å². The van der Waals surface area contributed by atoms with Crippen LogP contribution >= 0.6 is 0 Å². The van der Waals surface area contributed by atoms with E-state index in [-0.39, 0.29) is 19.4 Å². The summed E-state index contributed by atoms with van der Waals surface area (Å²) < 4.78 is 43.5. The summed E-state index contributed by atoms with van der Waals surface area (Å²) >= 11 is 0. The molecule has 6 rings (SSSR count). The number of nitrogens with one attached hydrogen (secondary N) is 2. The fourth-order valence-electron chi connectivity index (χ4n) is 6.27. The molecule has 3 aromatic rings. The Morgan fingerprint density at radius 2 is 1.90 bits per heavy atom. The number of carbonyl (C=O) groups is 3. The Kier molecular flexibility index (Phi) is 10.0. The molecule has 0 unspecified atom stereocenters. The average Bonchev–Trinajstić information content (AvgIpc) is 3.97. The second-order valence-electron chi connectivity index (χ2n) is 13.9. The number of amides is 3. The Balaban J connectivity index is 1.27. The molecular weight excluding hydrogens is 676 g/mol. The van der Waals surface area contributed by atoms with Crippen LogP contribution < -0.4 is 20.1 Å². The molecule has 3 heterocycles. The molecule has 15 heteroatoms. The number of pyridine rings is 1. The Morgan fingerprint density at radius 1 is 1.12 bits per heavy atom. The number of urea groups is 1. The van der Waals surface area contributed by atoms with Crippen molar-refractivity contribution in [3.63, 3.8) is 0 Å². The zero-order valence-corrected chi connectivity index (χ0v) is 30.5. The van der Waals surface area contributed by atoms with E-state index in [1.807, 2.05) is 50.4 Å². The van der Waals surface area contributed by atoms with Crippen LogP contribution in [0.5, 0.6) is 11.5 Å². The maximum atomic E-state index is 14.0. The zero-order chi connectivity index (χ0) is 36.6. The molecule has 2 saturated carbocycles. The number of nitrogens with zero attached hydrogens (tertiary/aromatic N) is 4. The Morgan fingerprint density at radius 3 is 2.61 bits per heavy atom. The molecule has 0 spiro atoms. The van der Waals surface area contributed by atoms with Gasteiger partial charge < -0.3 is 29.2 Å². The topological polar surface area (TPSA) is 171 Å². The van der Waals surface area contributed by atoms with Crippen LogP contribution in [0.4, 0.5) is 4.79 Å². The molecule has 1 aliphatic heterocycles. The molecule has 0 saturated heterocycles. The first kappa shape index (κ1) is 36.1. The fraction of sp³-hybridized carbons (Fsp3) is 0.528. The molecule has 274 valence electrons. The summed E-state index contributed by atoms with van der Waals surface area (Å²) in [5, 5.41) is 10.9. The number of allylic oxidation sites excluding steroid dienone is 1. The standard InChI is InChI=1S/C36H46N6O8S/c1-6-42-19-14-26(40-42)28-21-30(25-12-13-29(48-5)23(2)31(25)37-28)49-20-15-27-32(43)39-36(33(44)50-51(46,47)35(3)16-17-35)22-24(36)11-9-7-8-10-18-41(4)34(45)38-27/h9,11-14,19,21,24,27H,6-8,10,15-18,20,22H2,1-5H3,(H,38,45)(H,39,43)/t24-,27+,36-/m1/s1. The number of benzene rings is 1. The van der Waals surface area contributed by atoms with E-state index < -0.39 is 50.3 Å². The van der Waals surface area contributed by atoms with Gasteiger partial charge in [-0.3, -0.25) is 9.48 Å². The summed E-state index contributed by atoms with van der Waals surface area (Å²) in [7, 11) is -0.939. The van der Waals surface area contributed by atoms with Gasteiger partial charge in [0.15, 0.2) is 0 Å². The predicted molar refractivity (Wildman–Crippen MR) is 190 cm³/mol. The monoisotopic (exact) mass is 722 g/mol. The third kappa shape index (κ3) is 7.39. The second kappa shape index (κ2) is 14.2. The average molecular weight is 723 g/mol. The maximum Gasteiger partial charge on any atom is 0.348 e. The summed E-state index contributed by atoms with van der Waals surface area (Å²) in [5.41, 5.74) is 1.17. The van der Waals surface area contributed by atoms with Crippen LogP contribution in [0.15, 0.2) is 42.6 Å². The molecule has 3 atom stereocenters. The van der Waals surface area contributed by atoms with Gasteiger partial charge in [0.05, 0.1) is 24.9 Å². The predicted octanol–water partition coefficient (Wildman–Crippen LogP) is 4.25. The molecule has 3 aliphatic rings. The van der Waals surface area contributed by atoms with E-state index in [4.69, 9.17) is 18.6 Å². The minimum atomic E-state index is -4.19. The highest BCUT2D eigenvalue weighted by Crippen LogP contribution is 2.49.